The number of benzene rings is 2. The molecule has 0 fully saturated rings. The van der Waals surface area contributed by atoms with Gasteiger partial charge in [-0.15, -0.1) is 0 Å². The highest BCUT2D eigenvalue weighted by molar-refractivity contribution is 8.13. The van der Waals surface area contributed by atoms with Crippen LogP contribution >= 0.6 is 11.8 Å². The molecule has 0 saturated heterocycles. The first-order valence-corrected chi connectivity index (χ1v) is 8.71. The van der Waals surface area contributed by atoms with Crippen molar-refractivity contribution < 1.29 is 4.52 Å². The Morgan fingerprint density at radius 2 is 2.00 bits per heavy atom. The lowest BCUT2D eigenvalue weighted by Crippen LogP contribution is -2.12. The van der Waals surface area contributed by atoms with E-state index in [2.05, 4.69) is 20.4 Å². The second kappa shape index (κ2) is 7.64. The number of nitrogens with zero attached hydrogens (tertiary/aromatic N) is 4. The molecule has 7 heteroatoms. The first-order valence-electron chi connectivity index (χ1n) is 7.48. The second-order valence-corrected chi connectivity index (χ2v) is 5.99. The molecule has 0 spiro atoms. The van der Waals surface area contributed by atoms with Gasteiger partial charge in [-0.25, -0.2) is 4.99 Å². The van der Waals surface area contributed by atoms with Crippen molar-refractivity contribution in [1.29, 1.82) is 5.26 Å². The van der Waals surface area contributed by atoms with Crippen LogP contribution in [0.5, 0.6) is 0 Å². The van der Waals surface area contributed by atoms with Gasteiger partial charge in [0.05, 0.1) is 5.69 Å². The summed E-state index contributed by atoms with van der Waals surface area (Å²) in [4.78, 5) is 8.80. The summed E-state index contributed by atoms with van der Waals surface area (Å²) in [5.74, 6) is 1.01. The Hall–Kier alpha value is -3.11. The number of nitriles is 1. The van der Waals surface area contributed by atoms with Crippen molar-refractivity contribution in [3.05, 3.63) is 54.1 Å². The van der Waals surface area contributed by atoms with Crippen molar-refractivity contribution >= 4 is 22.6 Å². The maximum absolute atomic E-state index is 8.67. The van der Waals surface area contributed by atoms with Gasteiger partial charge in [0, 0.05) is 11.1 Å². The number of hydrogen-bond acceptors (Lipinski definition) is 6. The number of hydrogen-bond donors (Lipinski definition) is 1. The van der Waals surface area contributed by atoms with Crippen LogP contribution in [-0.2, 0) is 0 Å². The average Bonchev–Trinajstić information content (AvgIpc) is 3.12. The van der Waals surface area contributed by atoms with E-state index < -0.39 is 0 Å². The molecule has 25 heavy (non-hydrogen) atoms. The molecule has 0 saturated carbocycles. The number of nitrogens with one attached hydrogen (secondary N) is 1. The zero-order chi connectivity index (χ0) is 17.6. The third-order valence-electron chi connectivity index (χ3n) is 3.40. The van der Waals surface area contributed by atoms with Crippen LogP contribution in [0.2, 0.25) is 0 Å². The number of aryl methyl sites for hydroxylation is 1. The van der Waals surface area contributed by atoms with Gasteiger partial charge in [-0.3, -0.25) is 5.32 Å². The zero-order valence-electron chi connectivity index (χ0n) is 13.7. The number of amidine groups is 1. The predicted octanol–water partition coefficient (Wildman–Crippen LogP) is 4.13. The third-order valence-corrected chi connectivity index (χ3v) is 3.98. The van der Waals surface area contributed by atoms with Gasteiger partial charge in [-0.05, 0) is 43.5 Å². The molecular weight excluding hydrogens is 334 g/mol. The first-order chi connectivity index (χ1) is 12.2. The molecule has 3 aromatic rings. The van der Waals surface area contributed by atoms with Crippen molar-refractivity contribution in [2.24, 2.45) is 4.99 Å². The topological polar surface area (TPSA) is 87.1 Å². The molecule has 6 nitrogen and oxygen atoms in total. The predicted molar refractivity (Wildman–Crippen MR) is 99.3 cm³/mol. The molecule has 0 bridgehead atoms. The SMILES string of the molecule is CSC(=Nc1ccc(-c2nc(-c3cccc(C)c3)no2)cc1)NC#N. The first kappa shape index (κ1) is 16.7. The minimum absolute atomic E-state index is 0.451. The lowest BCUT2D eigenvalue weighted by molar-refractivity contribution is 0.432. The molecule has 0 atom stereocenters. The molecule has 1 N–H and O–H groups in total. The van der Waals surface area contributed by atoms with Crippen LogP contribution < -0.4 is 5.32 Å². The van der Waals surface area contributed by atoms with Crippen molar-refractivity contribution in [3.63, 3.8) is 0 Å². The normalized spacial score (nSPS) is 11.2. The van der Waals surface area contributed by atoms with E-state index in [0.29, 0.717) is 16.9 Å². The number of rotatable bonds is 3. The van der Waals surface area contributed by atoms with Crippen LogP contribution in [-0.4, -0.2) is 21.6 Å². The second-order valence-electron chi connectivity index (χ2n) is 5.20. The van der Waals surface area contributed by atoms with Crippen LogP contribution in [0, 0.1) is 18.4 Å². The lowest BCUT2D eigenvalue weighted by Gasteiger charge is -2.00. The largest absolute Gasteiger partial charge is 0.334 e. The van der Waals surface area contributed by atoms with E-state index in [1.165, 1.54) is 11.8 Å². The van der Waals surface area contributed by atoms with E-state index >= 15 is 0 Å². The molecule has 0 radical (unpaired) electrons. The van der Waals surface area contributed by atoms with E-state index in [1.807, 2.05) is 67.9 Å². The average molecular weight is 349 g/mol. The van der Waals surface area contributed by atoms with Gasteiger partial charge in [0.15, 0.2) is 11.4 Å². The van der Waals surface area contributed by atoms with Gasteiger partial charge in [-0.1, -0.05) is 40.7 Å². The summed E-state index contributed by atoms with van der Waals surface area (Å²) in [6.07, 6.45) is 3.71. The maximum atomic E-state index is 8.67. The summed E-state index contributed by atoms with van der Waals surface area (Å²) in [6.45, 7) is 2.02. The van der Waals surface area contributed by atoms with E-state index in [-0.39, 0.29) is 0 Å². The van der Waals surface area contributed by atoms with Crippen LogP contribution in [0.1, 0.15) is 5.56 Å². The fourth-order valence-corrected chi connectivity index (χ4v) is 2.55. The Balaban J connectivity index is 1.83. The Morgan fingerprint density at radius 1 is 1.20 bits per heavy atom. The quantitative estimate of drug-likeness (QED) is 0.331. The van der Waals surface area contributed by atoms with Crippen molar-refractivity contribution in [3.8, 4) is 29.0 Å². The Kier molecular flexibility index (Phi) is 5.11. The van der Waals surface area contributed by atoms with Gasteiger partial charge in [0.25, 0.3) is 5.89 Å². The van der Waals surface area contributed by atoms with Crippen molar-refractivity contribution in [2.45, 2.75) is 6.92 Å². The fraction of sp³-hybridized carbons (Fsp3) is 0.111. The zero-order valence-corrected chi connectivity index (χ0v) is 14.5. The minimum atomic E-state index is 0.451. The molecule has 1 aromatic heterocycles. The van der Waals surface area contributed by atoms with Crippen LogP contribution in [0.15, 0.2) is 58.0 Å². The van der Waals surface area contributed by atoms with Gasteiger partial charge in [0.2, 0.25) is 5.82 Å². The standard InChI is InChI=1S/C18H15N5OS/c1-12-4-3-5-14(10-12)16-22-17(24-23-16)13-6-8-15(9-7-13)21-18(25-2)20-11-19/h3-10H,1-2H3,(H,20,21). The summed E-state index contributed by atoms with van der Waals surface area (Å²) < 4.78 is 5.37. The molecular formula is C18H15N5OS. The molecule has 2 aromatic carbocycles. The molecule has 1 heterocycles. The summed E-state index contributed by atoms with van der Waals surface area (Å²) in [6, 6.07) is 15.3. The lowest BCUT2D eigenvalue weighted by atomic mass is 10.1. The van der Waals surface area contributed by atoms with Gasteiger partial charge in [0.1, 0.15) is 0 Å². The molecule has 0 unspecified atom stereocenters. The number of thioether (sulfide) groups is 1. The monoisotopic (exact) mass is 349 g/mol. The summed E-state index contributed by atoms with van der Waals surface area (Å²) >= 11 is 1.37. The van der Waals surface area contributed by atoms with Crippen LogP contribution in [0.4, 0.5) is 5.69 Å². The van der Waals surface area contributed by atoms with Crippen molar-refractivity contribution in [2.75, 3.05) is 6.26 Å². The maximum Gasteiger partial charge on any atom is 0.258 e. The van der Waals surface area contributed by atoms with Gasteiger partial charge >= 0.3 is 0 Å². The van der Waals surface area contributed by atoms with Crippen molar-refractivity contribution in [1.82, 2.24) is 15.5 Å². The summed E-state index contributed by atoms with van der Waals surface area (Å²) in [5.41, 5.74) is 3.60. The Morgan fingerprint density at radius 3 is 2.68 bits per heavy atom. The number of aromatic nitrogens is 2. The van der Waals surface area contributed by atoms with Crippen LogP contribution in [0.3, 0.4) is 0 Å². The minimum Gasteiger partial charge on any atom is -0.334 e. The highest BCUT2D eigenvalue weighted by atomic mass is 32.2. The van der Waals surface area contributed by atoms with E-state index in [9.17, 15) is 0 Å². The Labute approximate surface area is 149 Å². The fourth-order valence-electron chi connectivity index (χ4n) is 2.21. The molecule has 0 aliphatic rings. The van der Waals surface area contributed by atoms with E-state index in [1.54, 1.807) is 0 Å². The highest BCUT2D eigenvalue weighted by Crippen LogP contribution is 2.25. The van der Waals surface area contributed by atoms with Crippen LogP contribution in [0.25, 0.3) is 22.8 Å². The molecule has 124 valence electrons. The number of aliphatic imine (C=N–C) groups is 1. The van der Waals surface area contributed by atoms with E-state index in [4.69, 9.17) is 9.78 Å². The molecule has 0 amide bonds. The Bertz CT molecular complexity index is 941. The van der Waals surface area contributed by atoms with E-state index in [0.717, 1.165) is 22.4 Å². The smallest absolute Gasteiger partial charge is 0.258 e. The third kappa shape index (κ3) is 4.05. The summed E-state index contributed by atoms with van der Waals surface area (Å²) in [5, 5.41) is 15.8. The molecule has 0 aliphatic heterocycles. The van der Waals surface area contributed by atoms with Gasteiger partial charge in [-0.2, -0.15) is 10.2 Å². The molecule has 3 rings (SSSR count). The highest BCUT2D eigenvalue weighted by Gasteiger charge is 2.10. The molecule has 0 aliphatic carbocycles. The summed E-state index contributed by atoms with van der Waals surface area (Å²) in [7, 11) is 0. The van der Waals surface area contributed by atoms with Gasteiger partial charge < -0.3 is 4.52 Å².